The van der Waals surface area contributed by atoms with Crippen molar-refractivity contribution in [2.75, 3.05) is 0 Å². The molecule has 0 aliphatic rings. The van der Waals surface area contributed by atoms with Crippen LogP contribution in [0.4, 0.5) is 0 Å². The molecule has 3 aromatic rings. The van der Waals surface area contributed by atoms with E-state index in [-0.39, 0.29) is 5.90 Å². The van der Waals surface area contributed by atoms with E-state index in [9.17, 15) is 5.11 Å². The zero-order valence-corrected chi connectivity index (χ0v) is 14.4. The summed E-state index contributed by atoms with van der Waals surface area (Å²) in [4.78, 5) is 0. The maximum atomic E-state index is 12.2. The number of hydrogen-bond donors (Lipinski definition) is 0. The van der Waals surface area contributed by atoms with Crippen LogP contribution in [0, 0.1) is 18.8 Å². The van der Waals surface area contributed by atoms with Gasteiger partial charge in [0.15, 0.2) is 0 Å². The van der Waals surface area contributed by atoms with Crippen LogP contribution >= 0.6 is 0 Å². The minimum atomic E-state index is -0.389. The molecule has 3 heteroatoms. The Morgan fingerprint density at radius 1 is 0.731 bits per heavy atom. The Balaban J connectivity index is 1.95. The summed E-state index contributed by atoms with van der Waals surface area (Å²) in [5, 5.41) is 20.2. The van der Waals surface area contributed by atoms with Crippen LogP contribution in [0.2, 0.25) is 0 Å². The van der Waals surface area contributed by atoms with Crippen molar-refractivity contribution in [1.82, 2.24) is 0 Å². The first-order chi connectivity index (χ1) is 12.7. The largest absolute Gasteiger partial charge is 0.857 e. The highest BCUT2D eigenvalue weighted by molar-refractivity contribution is 6.13. The molecule has 3 aromatic carbocycles. The van der Waals surface area contributed by atoms with Gasteiger partial charge in [-0.05, 0) is 30.5 Å². The second kappa shape index (κ2) is 8.46. The molecule has 0 bridgehead atoms. The zero-order valence-electron chi connectivity index (χ0n) is 14.4. The Hall–Kier alpha value is -3.64. The van der Waals surface area contributed by atoms with Crippen LogP contribution in [0.1, 0.15) is 22.3 Å². The Morgan fingerprint density at radius 2 is 1.35 bits per heavy atom. The third-order valence-electron chi connectivity index (χ3n) is 3.69. The Labute approximate surface area is 153 Å². The molecule has 3 rings (SSSR count). The summed E-state index contributed by atoms with van der Waals surface area (Å²) >= 11 is 0. The Kier molecular flexibility index (Phi) is 5.59. The van der Waals surface area contributed by atoms with Crippen LogP contribution in [-0.2, 0) is 0 Å². The van der Waals surface area contributed by atoms with Gasteiger partial charge in [-0.3, -0.25) is 0 Å². The Bertz CT molecular complexity index is 977. The van der Waals surface area contributed by atoms with Crippen LogP contribution in [0.15, 0.2) is 95.1 Å². The van der Waals surface area contributed by atoms with E-state index in [1.54, 1.807) is 12.1 Å². The predicted molar refractivity (Wildman–Crippen MR) is 104 cm³/mol. The minimum absolute atomic E-state index is 0.389. The van der Waals surface area contributed by atoms with Crippen molar-refractivity contribution in [3.05, 3.63) is 107 Å². The van der Waals surface area contributed by atoms with Crippen molar-refractivity contribution in [2.45, 2.75) is 6.92 Å². The fourth-order valence-electron chi connectivity index (χ4n) is 2.25. The minimum Gasteiger partial charge on any atom is -0.857 e. The standard InChI is InChI=1S/C23H18N2O/c1-18-12-15-21(16-13-18)23(26)25-24-22(20-10-6-3-7-11-20)17-14-19-8-4-2-5-9-19/h2-13,15-16H,1H3,(H,25,26)/p-1/b24-22-. The van der Waals surface area contributed by atoms with Gasteiger partial charge in [0.05, 0.1) is 0 Å². The number of benzene rings is 3. The number of hydrogen-bond acceptors (Lipinski definition) is 3. The van der Waals surface area contributed by atoms with Crippen LogP contribution in [0.25, 0.3) is 0 Å². The van der Waals surface area contributed by atoms with Crippen LogP contribution in [0.3, 0.4) is 0 Å². The van der Waals surface area contributed by atoms with E-state index in [0.717, 1.165) is 16.7 Å². The predicted octanol–water partition coefficient (Wildman–Crippen LogP) is 3.56. The van der Waals surface area contributed by atoms with E-state index in [0.29, 0.717) is 11.3 Å². The summed E-state index contributed by atoms with van der Waals surface area (Å²) in [5.41, 5.74) is 3.74. The van der Waals surface area contributed by atoms with Gasteiger partial charge in [-0.2, -0.15) is 5.10 Å². The van der Waals surface area contributed by atoms with Gasteiger partial charge in [0.25, 0.3) is 0 Å². The monoisotopic (exact) mass is 337 g/mol. The normalized spacial score (nSPS) is 11.6. The summed E-state index contributed by atoms with van der Waals surface area (Å²) < 4.78 is 0. The molecule has 0 N–H and O–H groups in total. The number of nitrogens with zero attached hydrogens (tertiary/aromatic N) is 2. The third-order valence-corrected chi connectivity index (χ3v) is 3.69. The molecule has 26 heavy (non-hydrogen) atoms. The van der Waals surface area contributed by atoms with Crippen molar-refractivity contribution in [3.8, 4) is 11.8 Å². The molecule has 0 aromatic heterocycles. The fourth-order valence-corrected chi connectivity index (χ4v) is 2.25. The molecular formula is C23H17N2O-. The van der Waals surface area contributed by atoms with Gasteiger partial charge in [-0.25, -0.2) is 0 Å². The molecule has 0 heterocycles. The maximum Gasteiger partial charge on any atom is 0.143 e. The van der Waals surface area contributed by atoms with Crippen molar-refractivity contribution in [1.29, 1.82) is 0 Å². The van der Waals surface area contributed by atoms with E-state index in [4.69, 9.17) is 0 Å². The van der Waals surface area contributed by atoms with E-state index < -0.39 is 0 Å². The average molecular weight is 337 g/mol. The quantitative estimate of drug-likeness (QED) is 0.312. The van der Waals surface area contributed by atoms with Crippen LogP contribution < -0.4 is 5.11 Å². The topological polar surface area (TPSA) is 47.8 Å². The summed E-state index contributed by atoms with van der Waals surface area (Å²) in [5.74, 6) is 5.70. The average Bonchev–Trinajstić information content (AvgIpc) is 2.70. The molecular weight excluding hydrogens is 320 g/mol. The van der Waals surface area contributed by atoms with E-state index >= 15 is 0 Å². The highest BCUT2D eigenvalue weighted by atomic mass is 16.3. The van der Waals surface area contributed by atoms with E-state index in [1.807, 2.05) is 79.7 Å². The summed E-state index contributed by atoms with van der Waals surface area (Å²) in [6.07, 6.45) is 0. The molecule has 0 atom stereocenters. The molecule has 0 aliphatic heterocycles. The lowest BCUT2D eigenvalue weighted by molar-refractivity contribution is -0.213. The summed E-state index contributed by atoms with van der Waals surface area (Å²) in [6.45, 7) is 1.97. The van der Waals surface area contributed by atoms with Crippen molar-refractivity contribution in [3.63, 3.8) is 0 Å². The molecule has 0 amide bonds. The van der Waals surface area contributed by atoms with E-state index in [2.05, 4.69) is 22.0 Å². The number of aryl methyl sites for hydroxylation is 1. The lowest BCUT2D eigenvalue weighted by atomic mass is 10.1. The van der Waals surface area contributed by atoms with E-state index in [1.165, 1.54) is 0 Å². The SMILES string of the molecule is Cc1ccc(C([O-])=N/N=C(/C#Cc2ccccc2)c2ccccc2)cc1. The van der Waals surface area contributed by atoms with Gasteiger partial charge in [0, 0.05) is 17.0 Å². The highest BCUT2D eigenvalue weighted by Gasteiger charge is 1.99. The second-order valence-corrected chi connectivity index (χ2v) is 5.70. The maximum absolute atomic E-state index is 12.2. The van der Waals surface area contributed by atoms with Gasteiger partial charge in [0.2, 0.25) is 0 Å². The van der Waals surface area contributed by atoms with Gasteiger partial charge in [-0.15, -0.1) is 5.10 Å². The molecule has 0 radical (unpaired) electrons. The van der Waals surface area contributed by atoms with Crippen LogP contribution in [0.5, 0.6) is 0 Å². The van der Waals surface area contributed by atoms with Crippen LogP contribution in [-0.4, -0.2) is 11.6 Å². The van der Waals surface area contributed by atoms with Crippen molar-refractivity contribution >= 4 is 11.6 Å². The lowest BCUT2D eigenvalue weighted by Crippen LogP contribution is -2.18. The van der Waals surface area contributed by atoms with Gasteiger partial charge < -0.3 is 5.11 Å². The fraction of sp³-hybridized carbons (Fsp3) is 0.0435. The van der Waals surface area contributed by atoms with Crippen molar-refractivity contribution < 1.29 is 5.11 Å². The Morgan fingerprint density at radius 3 is 2.00 bits per heavy atom. The summed E-state index contributed by atoms with van der Waals surface area (Å²) in [6, 6.07) is 26.4. The highest BCUT2D eigenvalue weighted by Crippen LogP contribution is 2.05. The smallest absolute Gasteiger partial charge is 0.143 e. The molecule has 0 fully saturated rings. The van der Waals surface area contributed by atoms with Gasteiger partial charge in [-0.1, -0.05) is 84.3 Å². The van der Waals surface area contributed by atoms with Gasteiger partial charge in [0.1, 0.15) is 5.71 Å². The molecule has 0 saturated heterocycles. The first kappa shape index (κ1) is 17.2. The number of rotatable bonds is 3. The first-order valence-electron chi connectivity index (χ1n) is 8.24. The molecule has 3 nitrogen and oxygen atoms in total. The summed E-state index contributed by atoms with van der Waals surface area (Å²) in [7, 11) is 0. The molecule has 0 unspecified atom stereocenters. The second-order valence-electron chi connectivity index (χ2n) is 5.70. The van der Waals surface area contributed by atoms with Gasteiger partial charge >= 0.3 is 0 Å². The zero-order chi connectivity index (χ0) is 18.2. The third kappa shape index (κ3) is 4.68. The molecule has 0 spiro atoms. The molecule has 0 saturated carbocycles. The molecule has 126 valence electrons. The lowest BCUT2D eigenvalue weighted by Gasteiger charge is -2.08. The van der Waals surface area contributed by atoms with Crippen molar-refractivity contribution in [2.24, 2.45) is 10.2 Å². The molecule has 0 aliphatic carbocycles. The first-order valence-corrected chi connectivity index (χ1v) is 8.24.